The predicted octanol–water partition coefficient (Wildman–Crippen LogP) is 1.85. The molecule has 11 heteroatoms. The fourth-order valence-corrected chi connectivity index (χ4v) is 2.91. The van der Waals surface area contributed by atoms with Crippen LogP contribution in [-0.2, 0) is 13.4 Å². The third kappa shape index (κ3) is 5.46. The normalized spacial score (nSPS) is 15.4. The van der Waals surface area contributed by atoms with Crippen LogP contribution in [0.4, 0.5) is 0 Å². The van der Waals surface area contributed by atoms with E-state index in [1.807, 2.05) is 0 Å². The van der Waals surface area contributed by atoms with Crippen LogP contribution in [0.15, 0.2) is 28.0 Å². The van der Waals surface area contributed by atoms with Gasteiger partial charge in [-0.15, -0.1) is 25.3 Å². The Hall–Kier alpha value is 0.0200. The minimum Gasteiger partial charge on any atom is -0.403 e. The van der Waals surface area contributed by atoms with Crippen LogP contribution >= 0.6 is 40.9 Å². The zero-order valence-electron chi connectivity index (χ0n) is 8.00. The lowest BCUT2D eigenvalue weighted by Crippen LogP contribution is -1.96. The molecule has 0 bridgehead atoms. The van der Waals surface area contributed by atoms with Crippen molar-refractivity contribution >= 4 is 40.9 Å². The zero-order valence-corrected chi connectivity index (χ0v) is 11.6. The van der Waals surface area contributed by atoms with Gasteiger partial charge < -0.3 is 14.3 Å². The molecule has 0 amide bonds. The third-order valence-electron chi connectivity index (χ3n) is 1.37. The maximum atomic E-state index is 11.2. The predicted molar refractivity (Wildman–Crippen MR) is 64.5 cm³/mol. The quantitative estimate of drug-likeness (QED) is 0.425. The van der Waals surface area contributed by atoms with Gasteiger partial charge in [0.05, 0.1) is 0 Å². The minimum absolute atomic E-state index is 0.180. The monoisotopic (exact) mass is 318 g/mol. The van der Waals surface area contributed by atoms with E-state index in [1.165, 1.54) is 12.1 Å². The molecule has 17 heavy (non-hydrogen) atoms. The highest BCUT2D eigenvalue weighted by Gasteiger charge is 2.34. The lowest BCUT2D eigenvalue weighted by molar-refractivity contribution is 0.228. The van der Waals surface area contributed by atoms with Gasteiger partial charge in [0.15, 0.2) is 0 Å². The summed E-state index contributed by atoms with van der Waals surface area (Å²) in [5.41, 5.74) is 0. The van der Waals surface area contributed by atoms with Crippen LogP contribution in [0.2, 0.25) is 0 Å². The van der Waals surface area contributed by atoms with E-state index in [0.717, 1.165) is 0 Å². The SMILES string of the molecule is O=P(O)(O)OP(=O)(O)Oc1cc(S)ccc1S. The first-order valence-corrected chi connectivity index (χ1v) is 7.82. The van der Waals surface area contributed by atoms with Gasteiger partial charge in [0, 0.05) is 9.79 Å². The lowest BCUT2D eigenvalue weighted by Gasteiger charge is -2.14. The topological polar surface area (TPSA) is 113 Å². The van der Waals surface area contributed by atoms with Gasteiger partial charge in [0.2, 0.25) is 0 Å². The highest BCUT2D eigenvalue weighted by molar-refractivity contribution is 7.80. The Morgan fingerprint density at radius 3 is 2.24 bits per heavy atom. The summed E-state index contributed by atoms with van der Waals surface area (Å²) in [5.74, 6) is -0.180. The molecule has 0 radical (unpaired) electrons. The van der Waals surface area contributed by atoms with Gasteiger partial charge in [-0.3, -0.25) is 4.89 Å². The maximum absolute atomic E-state index is 11.2. The van der Waals surface area contributed by atoms with E-state index < -0.39 is 15.6 Å². The molecule has 0 heterocycles. The van der Waals surface area contributed by atoms with Gasteiger partial charge in [0.25, 0.3) is 0 Å². The molecule has 0 aliphatic rings. The highest BCUT2D eigenvalue weighted by Crippen LogP contribution is 2.57. The summed E-state index contributed by atoms with van der Waals surface area (Å²) < 4.78 is 29.7. The number of thiol groups is 2. The molecule has 1 aromatic carbocycles. The van der Waals surface area contributed by atoms with Gasteiger partial charge in [-0.05, 0) is 18.2 Å². The average Bonchev–Trinajstić information content (AvgIpc) is 2.06. The second kappa shape index (κ2) is 5.34. The molecular weight excluding hydrogens is 310 g/mol. The Morgan fingerprint density at radius 1 is 1.12 bits per heavy atom. The summed E-state index contributed by atoms with van der Waals surface area (Å²) in [6, 6.07) is 4.22. The van der Waals surface area contributed by atoms with Crippen molar-refractivity contribution in [1.82, 2.24) is 0 Å². The number of rotatable bonds is 4. The van der Waals surface area contributed by atoms with Crippen molar-refractivity contribution in [3.05, 3.63) is 18.2 Å². The van der Waals surface area contributed by atoms with Gasteiger partial charge in [-0.25, -0.2) is 9.13 Å². The largest absolute Gasteiger partial charge is 0.536 e. The van der Waals surface area contributed by atoms with Crippen LogP contribution in [0.1, 0.15) is 0 Å². The van der Waals surface area contributed by atoms with Crippen LogP contribution in [0.25, 0.3) is 0 Å². The molecule has 3 N–H and O–H groups in total. The molecule has 0 saturated carbocycles. The van der Waals surface area contributed by atoms with Crippen molar-refractivity contribution in [3.63, 3.8) is 0 Å². The first kappa shape index (κ1) is 15.1. The molecule has 0 aliphatic heterocycles. The first-order chi connectivity index (χ1) is 7.59. The first-order valence-electron chi connectivity index (χ1n) is 3.90. The van der Waals surface area contributed by atoms with Crippen molar-refractivity contribution in [2.75, 3.05) is 0 Å². The summed E-state index contributed by atoms with van der Waals surface area (Å²) in [5, 5.41) is 0. The molecule has 1 unspecified atom stereocenters. The highest BCUT2D eigenvalue weighted by atomic mass is 32.1. The second-order valence-electron chi connectivity index (χ2n) is 2.78. The molecular formula is C6H8O7P2S2. The standard InChI is InChI=1S/C6H8O7P2S2/c7-14(8,9)13-15(10,11)12-5-3-4(16)1-2-6(5)17/h1-3,16-17H,(H,10,11)(H2,7,8,9). The molecule has 1 aromatic rings. The molecule has 0 saturated heterocycles. The van der Waals surface area contributed by atoms with E-state index in [1.54, 1.807) is 6.07 Å². The third-order valence-corrected chi connectivity index (χ3v) is 4.12. The Labute approximate surface area is 107 Å². The van der Waals surface area contributed by atoms with Crippen LogP contribution in [-0.4, -0.2) is 14.7 Å². The molecule has 1 rings (SSSR count). The van der Waals surface area contributed by atoms with E-state index in [4.69, 9.17) is 14.7 Å². The number of hydrogen-bond donors (Lipinski definition) is 5. The number of phosphoric acid groups is 2. The van der Waals surface area contributed by atoms with Gasteiger partial charge in [-0.1, -0.05) is 0 Å². The number of benzene rings is 1. The van der Waals surface area contributed by atoms with E-state index in [-0.39, 0.29) is 10.6 Å². The van der Waals surface area contributed by atoms with E-state index in [2.05, 4.69) is 34.1 Å². The average molecular weight is 318 g/mol. The lowest BCUT2D eigenvalue weighted by atomic mass is 10.3. The summed E-state index contributed by atoms with van der Waals surface area (Å²) in [7, 11) is -10.1. The maximum Gasteiger partial charge on any atom is 0.536 e. The Morgan fingerprint density at radius 2 is 1.71 bits per heavy atom. The van der Waals surface area contributed by atoms with Crippen LogP contribution in [0.5, 0.6) is 5.75 Å². The zero-order chi connectivity index (χ0) is 13.3. The Balaban J connectivity index is 2.94. The molecule has 0 spiro atoms. The van der Waals surface area contributed by atoms with Crippen molar-refractivity contribution in [2.45, 2.75) is 9.79 Å². The molecule has 1 atom stereocenters. The Bertz CT molecular complexity index is 513. The summed E-state index contributed by atoms with van der Waals surface area (Å²) >= 11 is 7.89. The van der Waals surface area contributed by atoms with Crippen LogP contribution in [0, 0.1) is 0 Å². The van der Waals surface area contributed by atoms with E-state index in [0.29, 0.717) is 4.90 Å². The van der Waals surface area contributed by atoms with Gasteiger partial charge in [0.1, 0.15) is 5.75 Å². The smallest absolute Gasteiger partial charge is 0.403 e. The van der Waals surface area contributed by atoms with Crippen LogP contribution in [0.3, 0.4) is 0 Å². The summed E-state index contributed by atoms with van der Waals surface area (Å²) in [6.45, 7) is 0. The molecule has 0 aromatic heterocycles. The fraction of sp³-hybridized carbons (Fsp3) is 0. The fourth-order valence-electron chi connectivity index (χ4n) is 0.851. The van der Waals surface area contributed by atoms with Crippen molar-refractivity contribution in [2.24, 2.45) is 0 Å². The molecule has 96 valence electrons. The summed E-state index contributed by atoms with van der Waals surface area (Å²) in [4.78, 5) is 26.5. The Kier molecular flexibility index (Phi) is 4.73. The number of phosphoric ester groups is 1. The van der Waals surface area contributed by atoms with Gasteiger partial charge >= 0.3 is 15.6 Å². The van der Waals surface area contributed by atoms with Crippen LogP contribution < -0.4 is 4.52 Å². The number of hydrogen-bond acceptors (Lipinski definition) is 6. The van der Waals surface area contributed by atoms with Crippen molar-refractivity contribution < 1.29 is 32.6 Å². The summed E-state index contributed by atoms with van der Waals surface area (Å²) in [6.07, 6.45) is 0. The van der Waals surface area contributed by atoms with E-state index in [9.17, 15) is 9.13 Å². The minimum atomic E-state index is -5.13. The molecule has 7 nitrogen and oxygen atoms in total. The second-order valence-corrected chi connectivity index (χ2v) is 6.54. The van der Waals surface area contributed by atoms with Gasteiger partial charge in [-0.2, -0.15) is 4.31 Å². The van der Waals surface area contributed by atoms with Crippen molar-refractivity contribution in [1.29, 1.82) is 0 Å². The molecule has 0 fully saturated rings. The molecule has 0 aliphatic carbocycles. The van der Waals surface area contributed by atoms with E-state index >= 15 is 0 Å². The van der Waals surface area contributed by atoms with Crippen molar-refractivity contribution in [3.8, 4) is 5.75 Å².